The van der Waals surface area contributed by atoms with E-state index in [0.29, 0.717) is 18.4 Å². The van der Waals surface area contributed by atoms with Crippen molar-refractivity contribution < 1.29 is 22.8 Å². The summed E-state index contributed by atoms with van der Waals surface area (Å²) in [6.45, 7) is 0. The molecule has 0 bridgehead atoms. The van der Waals surface area contributed by atoms with Gasteiger partial charge in [-0.2, -0.15) is 0 Å². The van der Waals surface area contributed by atoms with Gasteiger partial charge in [0.05, 0.1) is 15.2 Å². The Morgan fingerprint density at radius 1 is 1.33 bits per heavy atom. The molecule has 0 spiro atoms. The molecule has 110 valence electrons. The van der Waals surface area contributed by atoms with Crippen LogP contribution in [0.2, 0.25) is 5.02 Å². The third kappa shape index (κ3) is 2.54. The third-order valence-corrected chi connectivity index (χ3v) is 5.96. The molecule has 3 rings (SSSR count). The molecule has 0 atom stereocenters. The molecule has 6 nitrogen and oxygen atoms in total. The van der Waals surface area contributed by atoms with Crippen LogP contribution in [0.15, 0.2) is 33.7 Å². The molecule has 0 radical (unpaired) electrons. The molecule has 2 aromatic rings. The largest absolute Gasteiger partial charge is 0.476 e. The number of hydrogen-bond donors (Lipinski definition) is 1. The van der Waals surface area contributed by atoms with Crippen LogP contribution >= 0.6 is 11.6 Å². The van der Waals surface area contributed by atoms with Crippen molar-refractivity contribution in [3.05, 3.63) is 35.0 Å². The predicted molar refractivity (Wildman–Crippen MR) is 74.1 cm³/mol. The van der Waals surface area contributed by atoms with Crippen LogP contribution in [0.1, 0.15) is 23.3 Å². The second kappa shape index (κ2) is 4.85. The van der Waals surface area contributed by atoms with E-state index in [0.717, 1.165) is 0 Å². The monoisotopic (exact) mass is 327 g/mol. The van der Waals surface area contributed by atoms with E-state index in [2.05, 4.69) is 5.16 Å². The van der Waals surface area contributed by atoms with Gasteiger partial charge in [0.15, 0.2) is 21.3 Å². The second-order valence-electron chi connectivity index (χ2n) is 4.77. The van der Waals surface area contributed by atoms with Crippen molar-refractivity contribution in [2.24, 2.45) is 0 Å². The van der Waals surface area contributed by atoms with Crippen molar-refractivity contribution in [3.63, 3.8) is 0 Å². The van der Waals surface area contributed by atoms with Gasteiger partial charge >= 0.3 is 5.97 Å². The Bertz CT molecular complexity index is 823. The highest BCUT2D eigenvalue weighted by atomic mass is 35.5. The summed E-state index contributed by atoms with van der Waals surface area (Å²) < 4.78 is 29.2. The molecule has 0 saturated heterocycles. The maximum Gasteiger partial charge on any atom is 0.358 e. The number of benzene rings is 1. The molecule has 1 N–H and O–H groups in total. The Morgan fingerprint density at radius 3 is 2.57 bits per heavy atom. The van der Waals surface area contributed by atoms with Gasteiger partial charge < -0.3 is 9.63 Å². The molecule has 0 unspecified atom stereocenters. The fraction of sp³-hybridized carbons (Fsp3) is 0.231. The minimum atomic E-state index is -3.38. The molecule has 1 fully saturated rings. The number of rotatable bonds is 4. The van der Waals surface area contributed by atoms with Gasteiger partial charge in [0.1, 0.15) is 0 Å². The number of carboxylic acid groups (broad SMARTS) is 1. The van der Waals surface area contributed by atoms with Crippen LogP contribution in [0.4, 0.5) is 0 Å². The number of nitrogens with zero attached hydrogens (tertiary/aromatic N) is 1. The minimum Gasteiger partial charge on any atom is -0.476 e. The number of aromatic nitrogens is 1. The molecular formula is C13H10ClNO5S. The Hall–Kier alpha value is -1.86. The van der Waals surface area contributed by atoms with E-state index in [1.165, 1.54) is 24.3 Å². The van der Waals surface area contributed by atoms with Gasteiger partial charge in [0, 0.05) is 11.6 Å². The molecule has 8 heteroatoms. The molecule has 1 saturated carbocycles. The highest BCUT2D eigenvalue weighted by Gasteiger charge is 2.38. The van der Waals surface area contributed by atoms with Crippen LogP contribution in [0.25, 0.3) is 11.3 Å². The van der Waals surface area contributed by atoms with Crippen molar-refractivity contribution in [3.8, 4) is 11.3 Å². The molecule has 1 aromatic heterocycles. The van der Waals surface area contributed by atoms with Crippen molar-refractivity contribution >= 4 is 27.4 Å². The van der Waals surface area contributed by atoms with Crippen molar-refractivity contribution in [2.75, 3.05) is 0 Å². The highest BCUT2D eigenvalue weighted by Crippen LogP contribution is 2.37. The Balaban J connectivity index is 1.99. The lowest BCUT2D eigenvalue weighted by molar-refractivity contribution is 0.0686. The van der Waals surface area contributed by atoms with Crippen LogP contribution in [-0.4, -0.2) is 29.9 Å². The average Bonchev–Trinajstić information content (AvgIpc) is 3.16. The van der Waals surface area contributed by atoms with Crippen LogP contribution in [-0.2, 0) is 9.84 Å². The molecule has 21 heavy (non-hydrogen) atoms. The lowest BCUT2D eigenvalue weighted by Crippen LogP contribution is -2.07. The van der Waals surface area contributed by atoms with Crippen molar-refractivity contribution in [2.45, 2.75) is 23.0 Å². The van der Waals surface area contributed by atoms with Crippen LogP contribution < -0.4 is 0 Å². The first kappa shape index (κ1) is 14.1. The van der Waals surface area contributed by atoms with E-state index in [1.807, 2.05) is 0 Å². The minimum absolute atomic E-state index is 0.0904. The van der Waals surface area contributed by atoms with E-state index in [9.17, 15) is 13.2 Å². The Labute approximate surface area is 125 Å². The van der Waals surface area contributed by atoms with E-state index < -0.39 is 15.8 Å². The number of aromatic carboxylic acids is 1. The summed E-state index contributed by atoms with van der Waals surface area (Å²) in [7, 11) is -3.38. The molecule has 1 aliphatic rings. The second-order valence-corrected chi connectivity index (χ2v) is 7.37. The zero-order chi connectivity index (χ0) is 15.2. The molecule has 0 aliphatic heterocycles. The molecule has 1 aromatic carbocycles. The first-order chi connectivity index (χ1) is 9.89. The quantitative estimate of drug-likeness (QED) is 0.927. The van der Waals surface area contributed by atoms with Crippen molar-refractivity contribution in [1.82, 2.24) is 5.16 Å². The summed E-state index contributed by atoms with van der Waals surface area (Å²) in [5.41, 5.74) is 0.241. The summed E-state index contributed by atoms with van der Waals surface area (Å²) in [5, 5.41) is 11.9. The summed E-state index contributed by atoms with van der Waals surface area (Å²) >= 11 is 6.05. The third-order valence-electron chi connectivity index (χ3n) is 3.22. The van der Waals surface area contributed by atoms with Gasteiger partial charge in [-0.05, 0) is 31.0 Å². The lowest BCUT2D eigenvalue weighted by atomic mass is 10.1. The van der Waals surface area contributed by atoms with Gasteiger partial charge in [-0.3, -0.25) is 0 Å². The van der Waals surface area contributed by atoms with Crippen LogP contribution in [0, 0.1) is 0 Å². The predicted octanol–water partition coefficient (Wildman–Crippen LogP) is 2.63. The first-order valence-electron chi connectivity index (χ1n) is 6.13. The van der Waals surface area contributed by atoms with Crippen LogP contribution in [0.3, 0.4) is 0 Å². The highest BCUT2D eigenvalue weighted by molar-refractivity contribution is 7.92. The van der Waals surface area contributed by atoms with E-state index in [4.69, 9.17) is 21.2 Å². The van der Waals surface area contributed by atoms with E-state index in [-0.39, 0.29) is 26.6 Å². The van der Waals surface area contributed by atoms with Gasteiger partial charge in [-0.25, -0.2) is 13.2 Å². The number of hydrogen-bond acceptors (Lipinski definition) is 5. The van der Waals surface area contributed by atoms with Crippen LogP contribution in [0.5, 0.6) is 0 Å². The maximum atomic E-state index is 12.2. The molecule has 0 amide bonds. The van der Waals surface area contributed by atoms with Crippen molar-refractivity contribution in [1.29, 1.82) is 0 Å². The number of carbonyl (C=O) groups is 1. The SMILES string of the molecule is O=C(O)c1cc(-c2ccc(S(=O)(=O)C3CC3)c(Cl)c2)on1. The summed E-state index contributed by atoms with van der Waals surface area (Å²) in [5.74, 6) is -0.992. The average molecular weight is 328 g/mol. The normalized spacial score (nSPS) is 15.1. The van der Waals surface area contributed by atoms with Gasteiger partial charge in [0.25, 0.3) is 0 Å². The fourth-order valence-corrected chi connectivity index (χ4v) is 4.16. The Kier molecular flexibility index (Phi) is 3.26. The summed E-state index contributed by atoms with van der Waals surface area (Å²) in [6.07, 6.45) is 1.31. The fourth-order valence-electron chi connectivity index (χ4n) is 1.95. The van der Waals surface area contributed by atoms with E-state index in [1.54, 1.807) is 0 Å². The van der Waals surface area contributed by atoms with Gasteiger partial charge in [0.2, 0.25) is 0 Å². The molecular weight excluding hydrogens is 318 g/mol. The number of sulfone groups is 1. The Morgan fingerprint density at radius 2 is 2.05 bits per heavy atom. The lowest BCUT2D eigenvalue weighted by Gasteiger charge is -2.06. The molecule has 1 aliphatic carbocycles. The maximum absolute atomic E-state index is 12.2. The molecule has 1 heterocycles. The standard InChI is InChI=1S/C13H10ClNO5S/c14-9-5-7(11-6-10(13(16)17)15-20-11)1-4-12(9)21(18,19)8-2-3-8/h1,4-6,8H,2-3H2,(H,16,17). The number of carboxylic acids is 1. The van der Waals surface area contributed by atoms with Gasteiger partial charge in [-0.15, -0.1) is 0 Å². The zero-order valence-electron chi connectivity index (χ0n) is 10.6. The summed E-state index contributed by atoms with van der Waals surface area (Å²) in [4.78, 5) is 10.8. The first-order valence-corrected chi connectivity index (χ1v) is 8.06. The smallest absolute Gasteiger partial charge is 0.358 e. The topological polar surface area (TPSA) is 97.5 Å². The summed E-state index contributed by atoms with van der Waals surface area (Å²) in [6, 6.07) is 5.62. The number of halogens is 1. The zero-order valence-corrected chi connectivity index (χ0v) is 12.2. The van der Waals surface area contributed by atoms with E-state index >= 15 is 0 Å². The van der Waals surface area contributed by atoms with Gasteiger partial charge in [-0.1, -0.05) is 16.8 Å².